The Morgan fingerprint density at radius 3 is 3.00 bits per heavy atom. The minimum absolute atomic E-state index is 0.0130. The molecule has 0 aliphatic rings. The van der Waals surface area contributed by atoms with Crippen molar-refractivity contribution in [3.05, 3.63) is 47.0 Å². The van der Waals surface area contributed by atoms with Crippen molar-refractivity contribution < 1.29 is 13.8 Å². The van der Waals surface area contributed by atoms with Gasteiger partial charge in [-0.25, -0.2) is 14.4 Å². The third-order valence-electron chi connectivity index (χ3n) is 3.03. The molecule has 0 saturated heterocycles. The van der Waals surface area contributed by atoms with Crippen LogP contribution in [0.4, 0.5) is 10.2 Å². The van der Waals surface area contributed by atoms with Crippen molar-refractivity contribution in [3.63, 3.8) is 0 Å². The number of hydrogen-bond donors (Lipinski definition) is 2. The number of nitrogens with zero attached hydrogens (tertiary/aromatic N) is 6. The average Bonchev–Trinajstić information content (AvgIpc) is 3.13. The summed E-state index contributed by atoms with van der Waals surface area (Å²) in [6.45, 7) is 1.60. The van der Waals surface area contributed by atoms with Gasteiger partial charge in [0.2, 0.25) is 11.6 Å². The zero-order valence-electron chi connectivity index (χ0n) is 12.3. The number of carbonyl (C=O) groups is 1. The molecule has 0 fully saturated rings. The summed E-state index contributed by atoms with van der Waals surface area (Å²) in [5.74, 6) is -0.856. The molecule has 2 aromatic heterocycles. The number of hydrazone groups is 1. The maximum absolute atomic E-state index is 13.0. The predicted octanol–water partition coefficient (Wildman–Crippen LogP) is 0.444. The fraction of sp³-hybridized carbons (Fsp3) is 0.0769. The lowest BCUT2D eigenvalue weighted by atomic mass is 10.2. The second-order valence-corrected chi connectivity index (χ2v) is 4.66. The van der Waals surface area contributed by atoms with Gasteiger partial charge in [0.05, 0.1) is 11.9 Å². The highest BCUT2D eigenvalue weighted by Crippen LogP contribution is 2.14. The Morgan fingerprint density at radius 2 is 2.29 bits per heavy atom. The van der Waals surface area contributed by atoms with E-state index in [1.807, 2.05) is 0 Å². The standard InChI is InChI=1S/C13H11FN8O2/c1-7-10(17-21-22(7)12-11(15)19-24-20-12)13(23)18-16-6-8-3-2-4-9(14)5-8/h2-6H,1H3,(H2,15,19)(H,18,23). The van der Waals surface area contributed by atoms with Crippen LogP contribution in [0.25, 0.3) is 5.82 Å². The van der Waals surface area contributed by atoms with E-state index in [1.54, 1.807) is 13.0 Å². The molecule has 24 heavy (non-hydrogen) atoms. The van der Waals surface area contributed by atoms with Gasteiger partial charge in [-0.15, -0.1) is 5.10 Å². The number of carbonyl (C=O) groups excluding carboxylic acids is 1. The lowest BCUT2D eigenvalue weighted by Gasteiger charge is -1.99. The largest absolute Gasteiger partial charge is 0.378 e. The van der Waals surface area contributed by atoms with E-state index in [0.717, 1.165) is 0 Å². The van der Waals surface area contributed by atoms with E-state index in [1.165, 1.54) is 29.1 Å². The van der Waals surface area contributed by atoms with Crippen LogP contribution in [0.5, 0.6) is 0 Å². The van der Waals surface area contributed by atoms with E-state index in [0.29, 0.717) is 11.3 Å². The number of nitrogen functional groups attached to an aromatic ring is 1. The van der Waals surface area contributed by atoms with Crippen molar-refractivity contribution in [1.29, 1.82) is 0 Å². The van der Waals surface area contributed by atoms with Crippen LogP contribution >= 0.6 is 0 Å². The molecule has 3 aromatic rings. The molecule has 0 atom stereocenters. The molecular weight excluding hydrogens is 319 g/mol. The van der Waals surface area contributed by atoms with Gasteiger partial charge in [-0.05, 0) is 34.9 Å². The first-order chi connectivity index (χ1) is 11.6. The van der Waals surface area contributed by atoms with Crippen molar-refractivity contribution in [2.24, 2.45) is 5.10 Å². The number of rotatable bonds is 4. The van der Waals surface area contributed by atoms with Gasteiger partial charge in [-0.3, -0.25) is 4.79 Å². The van der Waals surface area contributed by atoms with E-state index in [2.05, 4.69) is 35.8 Å². The Hall–Kier alpha value is -3.63. The quantitative estimate of drug-likeness (QED) is 0.523. The summed E-state index contributed by atoms with van der Waals surface area (Å²) in [4.78, 5) is 12.1. The number of aromatic nitrogens is 5. The molecule has 0 saturated carbocycles. The zero-order valence-corrected chi connectivity index (χ0v) is 12.3. The van der Waals surface area contributed by atoms with Crippen molar-refractivity contribution >= 4 is 17.9 Å². The van der Waals surface area contributed by atoms with E-state index >= 15 is 0 Å². The lowest BCUT2D eigenvalue weighted by Crippen LogP contribution is -2.19. The lowest BCUT2D eigenvalue weighted by molar-refractivity contribution is 0.0949. The third kappa shape index (κ3) is 2.95. The first-order valence-electron chi connectivity index (χ1n) is 6.66. The van der Waals surface area contributed by atoms with Crippen LogP contribution in [0.2, 0.25) is 0 Å². The van der Waals surface area contributed by atoms with Crippen LogP contribution in [0.3, 0.4) is 0 Å². The maximum atomic E-state index is 13.0. The Labute approximate surface area is 134 Å². The van der Waals surface area contributed by atoms with Crippen LogP contribution in [0.15, 0.2) is 34.0 Å². The van der Waals surface area contributed by atoms with Gasteiger partial charge in [0.1, 0.15) is 5.82 Å². The van der Waals surface area contributed by atoms with Crippen LogP contribution in [-0.2, 0) is 0 Å². The Bertz CT molecular complexity index is 916. The highest BCUT2D eigenvalue weighted by Gasteiger charge is 2.20. The number of anilines is 1. The van der Waals surface area contributed by atoms with Crippen LogP contribution in [0.1, 0.15) is 21.7 Å². The molecule has 1 aromatic carbocycles. The average molecular weight is 330 g/mol. The monoisotopic (exact) mass is 330 g/mol. The summed E-state index contributed by atoms with van der Waals surface area (Å²) < 4.78 is 18.7. The van der Waals surface area contributed by atoms with Crippen molar-refractivity contribution in [1.82, 2.24) is 30.7 Å². The number of amides is 1. The summed E-state index contributed by atoms with van der Waals surface area (Å²) in [5.41, 5.74) is 8.75. The van der Waals surface area contributed by atoms with Crippen molar-refractivity contribution in [3.8, 4) is 5.82 Å². The molecule has 3 rings (SSSR count). The van der Waals surface area contributed by atoms with Gasteiger partial charge < -0.3 is 5.73 Å². The number of hydrogen-bond acceptors (Lipinski definition) is 8. The van der Waals surface area contributed by atoms with Gasteiger partial charge in [0.25, 0.3) is 5.91 Å². The molecule has 0 unspecified atom stereocenters. The van der Waals surface area contributed by atoms with E-state index in [-0.39, 0.29) is 17.3 Å². The Morgan fingerprint density at radius 1 is 1.46 bits per heavy atom. The molecule has 0 aliphatic carbocycles. The minimum atomic E-state index is -0.596. The second kappa shape index (κ2) is 6.24. The molecule has 3 N–H and O–H groups in total. The highest BCUT2D eigenvalue weighted by atomic mass is 19.1. The van der Waals surface area contributed by atoms with Gasteiger partial charge >= 0.3 is 0 Å². The Balaban J connectivity index is 1.74. The summed E-state index contributed by atoms with van der Waals surface area (Å²) in [6, 6.07) is 5.75. The van der Waals surface area contributed by atoms with Crippen molar-refractivity contribution in [2.75, 3.05) is 5.73 Å². The molecule has 10 nitrogen and oxygen atoms in total. The molecule has 1 amide bonds. The normalized spacial score (nSPS) is 11.1. The zero-order chi connectivity index (χ0) is 17.1. The molecule has 0 aliphatic heterocycles. The fourth-order valence-corrected chi connectivity index (χ4v) is 1.88. The highest BCUT2D eigenvalue weighted by molar-refractivity contribution is 5.94. The molecule has 11 heteroatoms. The maximum Gasteiger partial charge on any atom is 0.293 e. The van der Waals surface area contributed by atoms with Crippen LogP contribution in [0, 0.1) is 12.7 Å². The first-order valence-corrected chi connectivity index (χ1v) is 6.66. The molecule has 122 valence electrons. The van der Waals surface area contributed by atoms with E-state index in [4.69, 9.17) is 5.73 Å². The molecule has 2 heterocycles. The topological polar surface area (TPSA) is 137 Å². The van der Waals surface area contributed by atoms with Crippen LogP contribution in [-0.4, -0.2) is 37.4 Å². The first kappa shape index (κ1) is 15.3. The van der Waals surface area contributed by atoms with Crippen LogP contribution < -0.4 is 11.2 Å². The van der Waals surface area contributed by atoms with Gasteiger partial charge in [-0.2, -0.15) is 9.78 Å². The smallest absolute Gasteiger partial charge is 0.293 e. The second-order valence-electron chi connectivity index (χ2n) is 4.66. The fourth-order valence-electron chi connectivity index (χ4n) is 1.88. The third-order valence-corrected chi connectivity index (χ3v) is 3.03. The van der Waals surface area contributed by atoms with Gasteiger partial charge in [0.15, 0.2) is 5.69 Å². The number of halogens is 1. The van der Waals surface area contributed by atoms with E-state index in [9.17, 15) is 9.18 Å². The summed E-state index contributed by atoms with van der Waals surface area (Å²) >= 11 is 0. The molecule has 0 spiro atoms. The van der Waals surface area contributed by atoms with Gasteiger partial charge in [-0.1, -0.05) is 17.3 Å². The summed E-state index contributed by atoms with van der Waals surface area (Å²) in [7, 11) is 0. The number of nitrogens with one attached hydrogen (secondary N) is 1. The van der Waals surface area contributed by atoms with Gasteiger partial charge in [0, 0.05) is 0 Å². The number of nitrogens with two attached hydrogens (primary N) is 1. The molecule has 0 radical (unpaired) electrons. The molecule has 0 bridgehead atoms. The predicted molar refractivity (Wildman–Crippen MR) is 79.8 cm³/mol. The van der Waals surface area contributed by atoms with E-state index < -0.39 is 11.7 Å². The number of benzene rings is 1. The molecular formula is C13H11FN8O2. The summed E-state index contributed by atoms with van der Waals surface area (Å²) in [5, 5.41) is 18.3. The van der Waals surface area contributed by atoms with Crippen molar-refractivity contribution in [2.45, 2.75) is 6.92 Å². The SMILES string of the molecule is Cc1c(C(=O)NN=Cc2cccc(F)c2)nnn1-c1nonc1N. The minimum Gasteiger partial charge on any atom is -0.378 e. The Kier molecular flexibility index (Phi) is 3.97. The summed E-state index contributed by atoms with van der Waals surface area (Å²) in [6.07, 6.45) is 1.31.